The zero-order valence-electron chi connectivity index (χ0n) is 19.6. The van der Waals surface area contributed by atoms with Crippen LogP contribution < -0.4 is 4.90 Å². The Labute approximate surface area is 194 Å². The molecule has 0 bridgehead atoms. The van der Waals surface area contributed by atoms with Crippen molar-refractivity contribution in [3.8, 4) is 5.69 Å². The molecule has 3 aromatic rings. The average Bonchev–Trinajstić information content (AvgIpc) is 3.16. The zero-order chi connectivity index (χ0) is 23.2. The maximum absolute atomic E-state index is 12.6. The smallest absolute Gasteiger partial charge is 0.356 e. The van der Waals surface area contributed by atoms with Crippen LogP contribution in [-0.2, 0) is 4.74 Å². The molecule has 0 spiro atoms. The Morgan fingerprint density at radius 3 is 2.39 bits per heavy atom. The summed E-state index contributed by atoms with van der Waals surface area (Å²) in [4.78, 5) is 19.6. The molecule has 1 aromatic carbocycles. The number of carbonyl (C=O) groups is 1. The van der Waals surface area contributed by atoms with Gasteiger partial charge in [0.1, 0.15) is 0 Å². The number of rotatable bonds is 5. The molecule has 1 saturated carbocycles. The fourth-order valence-corrected chi connectivity index (χ4v) is 5.12. The van der Waals surface area contributed by atoms with Gasteiger partial charge in [0, 0.05) is 19.0 Å². The second-order valence-electron chi connectivity index (χ2n) is 9.89. The Kier molecular flexibility index (Phi) is 5.60. The predicted octanol–water partition coefficient (Wildman–Crippen LogP) is 4.46. The maximum atomic E-state index is 12.6. The van der Waals surface area contributed by atoms with E-state index in [1.54, 1.807) is 0 Å². The normalized spacial score (nSPS) is 17.9. The summed E-state index contributed by atoms with van der Waals surface area (Å²) in [6, 6.07) is 11.8. The van der Waals surface area contributed by atoms with Crippen LogP contribution in [0.1, 0.15) is 68.1 Å². The van der Waals surface area contributed by atoms with E-state index in [0.717, 1.165) is 61.2 Å². The Morgan fingerprint density at radius 1 is 1.12 bits per heavy atom. The minimum absolute atomic E-state index is 0.254. The van der Waals surface area contributed by atoms with Crippen LogP contribution in [0.3, 0.4) is 0 Å². The molecule has 0 radical (unpaired) electrons. The fraction of sp³-hybridized carbons (Fsp3) is 0.500. The summed E-state index contributed by atoms with van der Waals surface area (Å²) >= 11 is 0. The predicted molar refractivity (Wildman–Crippen MR) is 128 cm³/mol. The number of benzene rings is 1. The SMILES string of the molecule is COC(=O)c1cc(N2CCC(C(C)(C)O)CC2)c2c(C3CCC3)nn(-c3ccccc3)c2n1. The Bertz CT molecular complexity index is 1150. The number of hydrogen-bond donors (Lipinski definition) is 1. The zero-order valence-corrected chi connectivity index (χ0v) is 19.6. The van der Waals surface area contributed by atoms with Gasteiger partial charge >= 0.3 is 5.97 Å². The van der Waals surface area contributed by atoms with Crippen molar-refractivity contribution in [2.45, 2.75) is 57.5 Å². The highest BCUT2D eigenvalue weighted by atomic mass is 16.5. The van der Waals surface area contributed by atoms with Gasteiger partial charge in [0.2, 0.25) is 0 Å². The van der Waals surface area contributed by atoms with Crippen molar-refractivity contribution < 1.29 is 14.6 Å². The van der Waals surface area contributed by atoms with E-state index in [1.807, 2.05) is 54.9 Å². The summed E-state index contributed by atoms with van der Waals surface area (Å²) in [6.07, 6.45) is 5.25. The number of esters is 1. The second kappa shape index (κ2) is 8.45. The van der Waals surface area contributed by atoms with E-state index in [4.69, 9.17) is 14.8 Å². The van der Waals surface area contributed by atoms with Gasteiger partial charge in [-0.25, -0.2) is 14.5 Å². The van der Waals surface area contributed by atoms with Crippen molar-refractivity contribution in [2.24, 2.45) is 5.92 Å². The lowest BCUT2D eigenvalue weighted by Crippen LogP contribution is -2.42. The van der Waals surface area contributed by atoms with Gasteiger partial charge in [-0.3, -0.25) is 0 Å². The molecule has 174 valence electrons. The molecule has 2 aromatic heterocycles. The highest BCUT2D eigenvalue weighted by Gasteiger charge is 2.34. The van der Waals surface area contributed by atoms with Gasteiger partial charge in [-0.05, 0) is 63.6 Å². The first-order chi connectivity index (χ1) is 15.9. The number of nitrogens with zero attached hydrogens (tertiary/aromatic N) is 4. The van der Waals surface area contributed by atoms with E-state index in [0.29, 0.717) is 17.3 Å². The largest absolute Gasteiger partial charge is 0.464 e. The average molecular weight is 449 g/mol. The maximum Gasteiger partial charge on any atom is 0.356 e. The molecule has 0 amide bonds. The topological polar surface area (TPSA) is 80.5 Å². The Hall–Kier alpha value is -2.93. The molecule has 2 fully saturated rings. The third-order valence-corrected chi connectivity index (χ3v) is 7.37. The van der Waals surface area contributed by atoms with Crippen LogP contribution in [0.25, 0.3) is 16.7 Å². The van der Waals surface area contributed by atoms with Crippen molar-refractivity contribution in [1.82, 2.24) is 14.8 Å². The summed E-state index contributed by atoms with van der Waals surface area (Å²) in [5.41, 5.74) is 3.30. The fourth-order valence-electron chi connectivity index (χ4n) is 5.12. The molecule has 1 aliphatic carbocycles. The molecule has 0 atom stereocenters. The minimum Gasteiger partial charge on any atom is -0.464 e. The van der Waals surface area contributed by atoms with Crippen LogP contribution in [0.2, 0.25) is 0 Å². The summed E-state index contributed by atoms with van der Waals surface area (Å²) in [6.45, 7) is 5.42. The van der Waals surface area contributed by atoms with Gasteiger partial charge in [0.15, 0.2) is 11.3 Å². The van der Waals surface area contributed by atoms with E-state index in [9.17, 15) is 9.90 Å². The number of methoxy groups -OCH3 is 1. The molecule has 0 unspecified atom stereocenters. The van der Waals surface area contributed by atoms with Gasteiger partial charge in [0.05, 0.1) is 35.2 Å². The summed E-state index contributed by atoms with van der Waals surface area (Å²) < 4.78 is 6.92. The molecule has 1 N–H and O–H groups in total. The van der Waals surface area contributed by atoms with E-state index in [2.05, 4.69) is 4.90 Å². The highest BCUT2D eigenvalue weighted by molar-refractivity contribution is 5.99. The van der Waals surface area contributed by atoms with Crippen LogP contribution in [0.15, 0.2) is 36.4 Å². The van der Waals surface area contributed by atoms with E-state index in [-0.39, 0.29) is 5.92 Å². The van der Waals surface area contributed by atoms with Crippen LogP contribution in [-0.4, -0.2) is 51.6 Å². The van der Waals surface area contributed by atoms with Crippen LogP contribution in [0.5, 0.6) is 0 Å². The quantitative estimate of drug-likeness (QED) is 0.581. The van der Waals surface area contributed by atoms with Gasteiger partial charge in [0.25, 0.3) is 0 Å². The first-order valence-electron chi connectivity index (χ1n) is 11.9. The molecule has 33 heavy (non-hydrogen) atoms. The number of aromatic nitrogens is 3. The standard InChI is InChI=1S/C26H32N4O3/c1-26(2,32)18-12-14-29(15-13-18)21-16-20(25(31)33-3)27-24-22(21)23(17-8-7-9-17)28-30(24)19-10-5-4-6-11-19/h4-6,10-11,16-18,32H,7-9,12-15H2,1-3H3. The van der Waals surface area contributed by atoms with E-state index >= 15 is 0 Å². The van der Waals surface area contributed by atoms with Crippen molar-refractivity contribution in [3.63, 3.8) is 0 Å². The monoisotopic (exact) mass is 448 g/mol. The summed E-state index contributed by atoms with van der Waals surface area (Å²) in [7, 11) is 1.39. The van der Waals surface area contributed by atoms with Crippen molar-refractivity contribution >= 4 is 22.7 Å². The molecule has 5 rings (SSSR count). The number of carbonyl (C=O) groups excluding carboxylic acids is 1. The van der Waals surface area contributed by atoms with Crippen molar-refractivity contribution in [3.05, 3.63) is 47.8 Å². The number of fused-ring (bicyclic) bond motifs is 1. The van der Waals surface area contributed by atoms with Gasteiger partial charge in [-0.2, -0.15) is 5.10 Å². The Morgan fingerprint density at radius 2 is 1.82 bits per heavy atom. The van der Waals surface area contributed by atoms with Gasteiger partial charge in [-0.15, -0.1) is 0 Å². The third-order valence-electron chi connectivity index (χ3n) is 7.37. The van der Waals surface area contributed by atoms with Crippen molar-refractivity contribution in [2.75, 3.05) is 25.1 Å². The molecule has 3 heterocycles. The van der Waals surface area contributed by atoms with Crippen LogP contribution in [0, 0.1) is 5.92 Å². The molecule has 1 saturated heterocycles. The molecule has 7 nitrogen and oxygen atoms in total. The van der Waals surface area contributed by atoms with Gasteiger partial charge < -0.3 is 14.7 Å². The first kappa shape index (κ1) is 21.9. The number of anilines is 1. The van der Waals surface area contributed by atoms with E-state index < -0.39 is 11.6 Å². The molecular formula is C26H32N4O3. The molecule has 1 aliphatic heterocycles. The first-order valence-corrected chi connectivity index (χ1v) is 11.9. The third kappa shape index (κ3) is 3.99. The molecule has 7 heteroatoms. The number of hydrogen-bond acceptors (Lipinski definition) is 6. The number of piperidine rings is 1. The minimum atomic E-state index is -0.688. The number of pyridine rings is 1. The van der Waals surface area contributed by atoms with Crippen molar-refractivity contribution in [1.29, 1.82) is 0 Å². The number of para-hydroxylation sites is 1. The van der Waals surface area contributed by atoms with Crippen LogP contribution in [0.4, 0.5) is 5.69 Å². The number of ether oxygens (including phenoxy) is 1. The van der Waals surface area contributed by atoms with E-state index in [1.165, 1.54) is 13.5 Å². The van der Waals surface area contributed by atoms with Gasteiger partial charge in [-0.1, -0.05) is 24.6 Å². The second-order valence-corrected chi connectivity index (χ2v) is 9.89. The highest BCUT2D eigenvalue weighted by Crippen LogP contribution is 2.43. The molecule has 2 aliphatic rings. The summed E-state index contributed by atoms with van der Waals surface area (Å²) in [5.74, 6) is 0.218. The van der Waals surface area contributed by atoms with Crippen LogP contribution >= 0.6 is 0 Å². The lowest BCUT2D eigenvalue weighted by atomic mass is 9.81. The molecular weight excluding hydrogens is 416 g/mol. The lowest BCUT2D eigenvalue weighted by molar-refractivity contribution is 0.00653. The number of aliphatic hydroxyl groups is 1. The lowest BCUT2D eigenvalue weighted by Gasteiger charge is -2.39. The summed E-state index contributed by atoms with van der Waals surface area (Å²) in [5, 5.41) is 16.6. The Balaban J connectivity index is 1.67.